The highest BCUT2D eigenvalue weighted by atomic mass is 32.2. The average Bonchev–Trinajstić information content (AvgIpc) is 3.30. The van der Waals surface area contributed by atoms with Gasteiger partial charge in [-0.15, -0.1) is 0 Å². The van der Waals surface area contributed by atoms with E-state index in [-0.39, 0.29) is 6.03 Å². The van der Waals surface area contributed by atoms with Gasteiger partial charge in [-0.25, -0.2) is 4.79 Å². The van der Waals surface area contributed by atoms with Crippen molar-refractivity contribution in [3.8, 4) is 5.75 Å². The average molecular weight is 369 g/mol. The van der Waals surface area contributed by atoms with E-state index in [1.54, 1.807) is 12.4 Å². The third kappa shape index (κ3) is 3.38. The van der Waals surface area contributed by atoms with Crippen molar-refractivity contribution >= 4 is 23.7 Å². The maximum atomic E-state index is 12.6. The zero-order valence-corrected chi connectivity index (χ0v) is 15.7. The largest absolute Gasteiger partial charge is 0.493 e. The molecule has 6 heteroatoms. The third-order valence-corrected chi connectivity index (χ3v) is 5.83. The number of pyridine rings is 1. The summed E-state index contributed by atoms with van der Waals surface area (Å²) in [5.41, 5.74) is 6.56. The van der Waals surface area contributed by atoms with Crippen LogP contribution in [0, 0.1) is 0 Å². The fraction of sp³-hybridized carbons (Fsp3) is 0.400. The molecule has 0 bridgehead atoms. The maximum Gasteiger partial charge on any atom is 0.329 e. The number of nitrogens with one attached hydrogen (secondary N) is 2. The topological polar surface area (TPSA) is 63.2 Å². The van der Waals surface area contributed by atoms with Crippen molar-refractivity contribution in [1.82, 2.24) is 9.71 Å². The van der Waals surface area contributed by atoms with Gasteiger partial charge in [-0.1, -0.05) is 6.07 Å². The number of carbonyl (C=O) groups excluding carboxylic acids is 1. The molecule has 136 valence electrons. The van der Waals surface area contributed by atoms with E-state index >= 15 is 0 Å². The van der Waals surface area contributed by atoms with Gasteiger partial charge in [0.2, 0.25) is 0 Å². The van der Waals surface area contributed by atoms with Gasteiger partial charge in [0.05, 0.1) is 11.5 Å². The number of carbonyl (C=O) groups is 1. The van der Waals surface area contributed by atoms with Crippen LogP contribution in [0.1, 0.15) is 42.0 Å². The van der Waals surface area contributed by atoms with E-state index in [1.165, 1.54) is 47.0 Å². The highest BCUT2D eigenvalue weighted by Crippen LogP contribution is 2.38. The second-order valence-corrected chi connectivity index (χ2v) is 7.50. The Labute approximate surface area is 158 Å². The predicted molar refractivity (Wildman–Crippen MR) is 104 cm³/mol. The molecule has 0 unspecified atom stereocenters. The van der Waals surface area contributed by atoms with E-state index < -0.39 is 0 Å². The van der Waals surface area contributed by atoms with Crippen molar-refractivity contribution in [3.05, 3.63) is 46.8 Å². The zero-order valence-electron chi connectivity index (χ0n) is 14.9. The lowest BCUT2D eigenvalue weighted by Crippen LogP contribution is -2.24. The van der Waals surface area contributed by atoms with Crippen LogP contribution >= 0.6 is 11.9 Å². The molecule has 2 aromatic rings. The van der Waals surface area contributed by atoms with Gasteiger partial charge in [0.25, 0.3) is 0 Å². The summed E-state index contributed by atoms with van der Waals surface area (Å²) >= 11 is 1.23. The number of rotatable bonds is 5. The molecule has 1 aromatic heterocycles. The summed E-state index contributed by atoms with van der Waals surface area (Å²) in [7, 11) is 0. The zero-order chi connectivity index (χ0) is 17.9. The summed E-state index contributed by atoms with van der Waals surface area (Å²) < 4.78 is 8.45. The maximum absolute atomic E-state index is 12.6. The molecule has 2 aliphatic rings. The lowest BCUT2D eigenvalue weighted by Gasteiger charge is -2.16. The smallest absolute Gasteiger partial charge is 0.329 e. The van der Waals surface area contributed by atoms with Crippen molar-refractivity contribution in [2.75, 3.05) is 11.9 Å². The Morgan fingerprint density at radius 2 is 1.92 bits per heavy atom. The van der Waals surface area contributed by atoms with Crippen LogP contribution in [0.5, 0.6) is 5.75 Å². The Morgan fingerprint density at radius 1 is 1.19 bits per heavy atom. The van der Waals surface area contributed by atoms with Gasteiger partial charge in [0, 0.05) is 18.1 Å². The standard InChI is InChI=1S/C20H23N3O2S/c1-2-25-17-9-10-21-12-18(17)26-23-20(24)22-19-15-7-3-5-13(15)11-14-6-4-8-16(14)19/h9-12H,2-8H2,1H3,(H2,22,23,24). The minimum absolute atomic E-state index is 0.198. The number of fused-ring (bicyclic) bond motifs is 2. The quantitative estimate of drug-likeness (QED) is 0.772. The van der Waals surface area contributed by atoms with Gasteiger partial charge in [0.15, 0.2) is 0 Å². The highest BCUT2D eigenvalue weighted by molar-refractivity contribution is 7.98. The van der Waals surface area contributed by atoms with Crippen LogP contribution in [0.3, 0.4) is 0 Å². The summed E-state index contributed by atoms with van der Waals surface area (Å²) in [5, 5.41) is 3.13. The number of aryl methyl sites for hydroxylation is 2. The van der Waals surface area contributed by atoms with Crippen molar-refractivity contribution in [2.45, 2.75) is 50.3 Å². The first kappa shape index (κ1) is 17.2. The minimum Gasteiger partial charge on any atom is -0.493 e. The molecule has 0 atom stereocenters. The molecule has 0 saturated heterocycles. The monoisotopic (exact) mass is 369 g/mol. The number of anilines is 1. The molecule has 0 fully saturated rings. The Kier molecular flexibility index (Phi) is 5.02. The molecule has 0 saturated carbocycles. The number of ether oxygens (including phenoxy) is 1. The first-order valence-electron chi connectivity index (χ1n) is 9.23. The molecule has 2 amide bonds. The summed E-state index contributed by atoms with van der Waals surface area (Å²) in [5.74, 6) is 0.731. The summed E-state index contributed by atoms with van der Waals surface area (Å²) in [6.07, 6.45) is 10.1. The normalized spacial score (nSPS) is 14.7. The van der Waals surface area contributed by atoms with Crippen molar-refractivity contribution in [3.63, 3.8) is 0 Å². The van der Waals surface area contributed by atoms with Gasteiger partial charge in [0.1, 0.15) is 5.75 Å². The number of hydrogen-bond donors (Lipinski definition) is 2. The van der Waals surface area contributed by atoms with Crippen LogP contribution in [0.15, 0.2) is 29.4 Å². The number of urea groups is 1. The van der Waals surface area contributed by atoms with E-state index in [9.17, 15) is 4.79 Å². The van der Waals surface area contributed by atoms with Gasteiger partial charge in [-0.2, -0.15) is 0 Å². The lowest BCUT2D eigenvalue weighted by molar-refractivity contribution is 0.257. The van der Waals surface area contributed by atoms with Crippen LogP contribution in [-0.4, -0.2) is 17.6 Å². The van der Waals surface area contributed by atoms with E-state index in [4.69, 9.17) is 4.74 Å². The summed E-state index contributed by atoms with van der Waals surface area (Å²) in [6.45, 7) is 2.51. The SMILES string of the molecule is CCOc1ccncc1SNC(=O)Nc1c2c(cc3c1CCC3)CCC2. The fourth-order valence-corrected chi connectivity index (χ4v) is 4.52. The molecule has 2 N–H and O–H groups in total. The predicted octanol–water partition coefficient (Wildman–Crippen LogP) is 4.29. The molecule has 5 nitrogen and oxygen atoms in total. The Hall–Kier alpha value is -2.21. The second-order valence-electron chi connectivity index (χ2n) is 6.65. The third-order valence-electron chi connectivity index (χ3n) is 5.01. The van der Waals surface area contributed by atoms with Gasteiger partial charge in [-0.05, 0) is 85.7 Å². The summed E-state index contributed by atoms with van der Waals surface area (Å²) in [6, 6.07) is 3.98. The summed E-state index contributed by atoms with van der Waals surface area (Å²) in [4.78, 5) is 17.5. The van der Waals surface area contributed by atoms with Crippen LogP contribution < -0.4 is 14.8 Å². The minimum atomic E-state index is -0.198. The van der Waals surface area contributed by atoms with Crippen LogP contribution in [0.25, 0.3) is 0 Å². The second kappa shape index (κ2) is 7.58. The first-order valence-corrected chi connectivity index (χ1v) is 10.0. The highest BCUT2D eigenvalue weighted by Gasteiger charge is 2.25. The number of aromatic nitrogens is 1. The van der Waals surface area contributed by atoms with E-state index in [0.29, 0.717) is 6.61 Å². The molecule has 1 heterocycles. The number of nitrogens with zero attached hydrogens (tertiary/aromatic N) is 1. The van der Waals surface area contributed by atoms with E-state index in [1.807, 2.05) is 13.0 Å². The van der Waals surface area contributed by atoms with Crippen molar-refractivity contribution < 1.29 is 9.53 Å². The number of hydrogen-bond acceptors (Lipinski definition) is 4. The fourth-order valence-electron chi connectivity index (χ4n) is 3.93. The van der Waals surface area contributed by atoms with Gasteiger partial charge >= 0.3 is 6.03 Å². The number of amides is 2. The lowest BCUT2D eigenvalue weighted by atomic mass is 9.99. The van der Waals surface area contributed by atoms with Gasteiger partial charge in [-0.3, -0.25) is 9.71 Å². The van der Waals surface area contributed by atoms with E-state index in [0.717, 1.165) is 42.0 Å². The molecule has 0 radical (unpaired) electrons. The molecule has 26 heavy (non-hydrogen) atoms. The molecule has 0 spiro atoms. The van der Waals surface area contributed by atoms with Crippen molar-refractivity contribution in [2.24, 2.45) is 0 Å². The van der Waals surface area contributed by atoms with Gasteiger partial charge < -0.3 is 10.1 Å². The van der Waals surface area contributed by atoms with Crippen molar-refractivity contribution in [1.29, 1.82) is 0 Å². The molecular weight excluding hydrogens is 346 g/mol. The number of benzene rings is 1. The van der Waals surface area contributed by atoms with Crippen LogP contribution in [-0.2, 0) is 25.7 Å². The van der Waals surface area contributed by atoms with Crippen LogP contribution in [0.2, 0.25) is 0 Å². The molecular formula is C20H23N3O2S. The first-order chi connectivity index (χ1) is 12.8. The molecule has 1 aromatic carbocycles. The Bertz CT molecular complexity index is 806. The molecule has 2 aliphatic carbocycles. The van der Waals surface area contributed by atoms with Crippen LogP contribution in [0.4, 0.5) is 10.5 Å². The molecule has 0 aliphatic heterocycles. The Balaban J connectivity index is 1.48. The molecule has 4 rings (SSSR count). The Morgan fingerprint density at radius 3 is 2.62 bits per heavy atom. The van der Waals surface area contributed by atoms with E-state index in [2.05, 4.69) is 21.1 Å².